The van der Waals surface area contributed by atoms with Crippen LogP contribution in [-0.2, 0) is 11.3 Å². The summed E-state index contributed by atoms with van der Waals surface area (Å²) in [7, 11) is 0. The lowest BCUT2D eigenvalue weighted by Gasteiger charge is -2.22. The molecule has 0 spiro atoms. The van der Waals surface area contributed by atoms with Gasteiger partial charge in [0.25, 0.3) is 0 Å². The summed E-state index contributed by atoms with van der Waals surface area (Å²) in [5.41, 5.74) is 1.26. The van der Waals surface area contributed by atoms with Crippen molar-refractivity contribution in [1.29, 1.82) is 0 Å². The Balaban J connectivity index is 1.95. The van der Waals surface area contributed by atoms with E-state index in [0.29, 0.717) is 23.3 Å². The molecule has 0 fully saturated rings. The van der Waals surface area contributed by atoms with Gasteiger partial charge in [-0.2, -0.15) is 5.10 Å². The smallest absolute Gasteiger partial charge is 0.247 e. The first-order valence-corrected chi connectivity index (χ1v) is 8.05. The van der Waals surface area contributed by atoms with E-state index in [4.69, 9.17) is 0 Å². The summed E-state index contributed by atoms with van der Waals surface area (Å²) < 4.78 is 30.3. The number of rotatable bonds is 5. The van der Waals surface area contributed by atoms with E-state index in [1.807, 2.05) is 20.8 Å². The number of benzene rings is 1. The third-order valence-corrected chi connectivity index (χ3v) is 4.04. The number of amides is 1. The van der Waals surface area contributed by atoms with E-state index < -0.39 is 17.7 Å². The van der Waals surface area contributed by atoms with Crippen molar-refractivity contribution in [3.63, 3.8) is 0 Å². The molecule has 1 N–H and O–H groups in total. The Morgan fingerprint density at radius 3 is 2.64 bits per heavy atom. The largest absolute Gasteiger partial charge is 0.322 e. The first-order valence-electron chi connectivity index (χ1n) is 8.05. The first-order chi connectivity index (χ1) is 11.9. The summed E-state index contributed by atoms with van der Waals surface area (Å²) in [4.78, 5) is 16.9. The van der Waals surface area contributed by atoms with Crippen molar-refractivity contribution >= 4 is 22.6 Å². The van der Waals surface area contributed by atoms with E-state index in [2.05, 4.69) is 15.4 Å². The van der Waals surface area contributed by atoms with Gasteiger partial charge in [0.15, 0.2) is 11.6 Å². The highest BCUT2D eigenvalue weighted by atomic mass is 19.2. The number of anilines is 1. The van der Waals surface area contributed by atoms with Gasteiger partial charge in [-0.25, -0.2) is 13.8 Å². The van der Waals surface area contributed by atoms with Crippen LogP contribution in [0.5, 0.6) is 0 Å². The zero-order valence-corrected chi connectivity index (χ0v) is 14.2. The van der Waals surface area contributed by atoms with E-state index in [1.165, 1.54) is 6.33 Å². The molecule has 2 heterocycles. The molecule has 2 aromatic heterocycles. The quantitative estimate of drug-likeness (QED) is 0.770. The molecule has 0 aliphatic rings. The topological polar surface area (TPSA) is 64.7 Å². The Bertz CT molecular complexity index is 915. The lowest BCUT2D eigenvalue weighted by Crippen LogP contribution is -2.29. The molecule has 0 saturated carbocycles. The fraction of sp³-hybridized carbons (Fsp3) is 0.353. The van der Waals surface area contributed by atoms with Crippen molar-refractivity contribution < 1.29 is 13.6 Å². The average Bonchev–Trinajstić information content (AvgIpc) is 3.15. The van der Waals surface area contributed by atoms with E-state index in [0.717, 1.165) is 12.1 Å². The highest BCUT2D eigenvalue weighted by Crippen LogP contribution is 2.26. The number of fused-ring (bicyclic) bond motifs is 1. The van der Waals surface area contributed by atoms with Gasteiger partial charge in [-0.15, -0.1) is 0 Å². The van der Waals surface area contributed by atoms with Crippen LogP contribution in [-0.4, -0.2) is 25.2 Å². The number of nitrogens with one attached hydrogen (secondary N) is 1. The molecular weight excluding hydrogens is 328 g/mol. The lowest BCUT2D eigenvalue weighted by molar-refractivity contribution is -0.120. The molecule has 1 amide bonds. The molecule has 132 valence electrons. The molecular formula is C17H19F2N5O. The fourth-order valence-corrected chi connectivity index (χ4v) is 2.81. The Kier molecular flexibility index (Phi) is 4.52. The molecule has 6 nitrogen and oxygen atoms in total. The van der Waals surface area contributed by atoms with Crippen LogP contribution < -0.4 is 5.32 Å². The van der Waals surface area contributed by atoms with Gasteiger partial charge in [0.1, 0.15) is 6.04 Å². The van der Waals surface area contributed by atoms with Gasteiger partial charge in [-0.3, -0.25) is 9.48 Å². The maximum atomic E-state index is 13.6. The standard InChI is InChI=1S/C17H19F2N5O/c1-4-23-8-11(7-21-23)22-17(25)16(10(2)3)24-9-20-14-5-12(18)13(19)6-15(14)24/h5-10,16H,4H2,1-3H3,(H,22,25). The van der Waals surface area contributed by atoms with Crippen molar-refractivity contribution in [2.24, 2.45) is 5.92 Å². The molecule has 0 aliphatic heterocycles. The van der Waals surface area contributed by atoms with E-state index in [-0.39, 0.29) is 11.8 Å². The maximum absolute atomic E-state index is 13.6. The van der Waals surface area contributed by atoms with Crippen molar-refractivity contribution in [2.75, 3.05) is 5.32 Å². The number of aryl methyl sites for hydroxylation is 1. The van der Waals surface area contributed by atoms with Gasteiger partial charge in [0.05, 0.1) is 29.2 Å². The van der Waals surface area contributed by atoms with Gasteiger partial charge in [-0.05, 0) is 12.8 Å². The molecule has 0 saturated heterocycles. The summed E-state index contributed by atoms with van der Waals surface area (Å²) in [6.07, 6.45) is 4.74. The number of carbonyl (C=O) groups excluding carboxylic acids is 1. The van der Waals surface area contributed by atoms with Gasteiger partial charge >= 0.3 is 0 Å². The summed E-state index contributed by atoms with van der Waals surface area (Å²) in [6.45, 7) is 6.40. The Morgan fingerprint density at radius 2 is 2.00 bits per heavy atom. The normalized spacial score (nSPS) is 12.7. The van der Waals surface area contributed by atoms with E-state index in [1.54, 1.807) is 21.6 Å². The minimum Gasteiger partial charge on any atom is -0.322 e. The number of hydrogen-bond acceptors (Lipinski definition) is 3. The Hall–Kier alpha value is -2.77. The number of hydrogen-bond donors (Lipinski definition) is 1. The minimum absolute atomic E-state index is 0.0910. The molecule has 0 aliphatic carbocycles. The molecule has 0 bridgehead atoms. The third kappa shape index (κ3) is 3.24. The number of nitrogens with zero attached hydrogens (tertiary/aromatic N) is 4. The third-order valence-electron chi connectivity index (χ3n) is 4.04. The molecule has 0 radical (unpaired) electrons. The summed E-state index contributed by atoms with van der Waals surface area (Å²) in [5, 5.41) is 6.94. The summed E-state index contributed by atoms with van der Waals surface area (Å²) in [6, 6.07) is 1.47. The predicted molar refractivity (Wildman–Crippen MR) is 90.1 cm³/mol. The SMILES string of the molecule is CCn1cc(NC(=O)C(C(C)C)n2cnc3cc(F)c(F)cc32)cn1. The second kappa shape index (κ2) is 6.62. The van der Waals surface area contributed by atoms with Crippen LogP contribution in [0.4, 0.5) is 14.5 Å². The van der Waals surface area contributed by atoms with Crippen molar-refractivity contribution in [3.8, 4) is 0 Å². The second-order valence-electron chi connectivity index (χ2n) is 6.17. The van der Waals surface area contributed by atoms with Crippen LogP contribution in [0.25, 0.3) is 11.0 Å². The molecule has 1 aromatic carbocycles. The summed E-state index contributed by atoms with van der Waals surface area (Å²) in [5.74, 6) is -2.29. The van der Waals surface area contributed by atoms with Gasteiger partial charge in [-0.1, -0.05) is 13.8 Å². The van der Waals surface area contributed by atoms with E-state index in [9.17, 15) is 13.6 Å². The predicted octanol–water partition coefficient (Wildman–Crippen LogP) is 3.37. The van der Waals surface area contributed by atoms with Crippen LogP contribution in [0.15, 0.2) is 30.9 Å². The second-order valence-corrected chi connectivity index (χ2v) is 6.17. The van der Waals surface area contributed by atoms with Crippen LogP contribution in [0.1, 0.15) is 26.8 Å². The summed E-state index contributed by atoms with van der Waals surface area (Å²) >= 11 is 0. The van der Waals surface area contributed by atoms with Crippen LogP contribution >= 0.6 is 0 Å². The van der Waals surface area contributed by atoms with Crippen LogP contribution in [0.3, 0.4) is 0 Å². The number of carbonyl (C=O) groups is 1. The number of imidazole rings is 1. The Labute approximate surface area is 143 Å². The monoisotopic (exact) mass is 347 g/mol. The lowest BCUT2D eigenvalue weighted by atomic mass is 10.0. The molecule has 3 rings (SSSR count). The highest BCUT2D eigenvalue weighted by molar-refractivity contribution is 5.94. The van der Waals surface area contributed by atoms with Gasteiger partial charge in [0, 0.05) is 24.9 Å². The van der Waals surface area contributed by atoms with Crippen molar-refractivity contribution in [3.05, 3.63) is 42.5 Å². The number of halogens is 2. The first kappa shape index (κ1) is 17.1. The minimum atomic E-state index is -0.971. The molecule has 8 heteroatoms. The van der Waals surface area contributed by atoms with Crippen molar-refractivity contribution in [1.82, 2.24) is 19.3 Å². The van der Waals surface area contributed by atoms with E-state index >= 15 is 0 Å². The zero-order valence-electron chi connectivity index (χ0n) is 14.2. The highest BCUT2D eigenvalue weighted by Gasteiger charge is 2.26. The molecule has 25 heavy (non-hydrogen) atoms. The fourth-order valence-electron chi connectivity index (χ4n) is 2.81. The van der Waals surface area contributed by atoms with Crippen LogP contribution in [0, 0.1) is 17.6 Å². The average molecular weight is 347 g/mol. The maximum Gasteiger partial charge on any atom is 0.247 e. The van der Waals surface area contributed by atoms with Gasteiger partial charge < -0.3 is 9.88 Å². The van der Waals surface area contributed by atoms with Crippen LogP contribution in [0.2, 0.25) is 0 Å². The van der Waals surface area contributed by atoms with Crippen molar-refractivity contribution in [2.45, 2.75) is 33.4 Å². The molecule has 3 aromatic rings. The van der Waals surface area contributed by atoms with Gasteiger partial charge in [0.2, 0.25) is 5.91 Å². The number of aromatic nitrogens is 4. The Morgan fingerprint density at radius 1 is 1.28 bits per heavy atom. The molecule has 1 unspecified atom stereocenters. The zero-order chi connectivity index (χ0) is 18.1. The molecule has 1 atom stereocenters.